The molecule has 0 aliphatic carbocycles. The lowest BCUT2D eigenvalue weighted by Crippen LogP contribution is -2.35. The molecule has 1 fully saturated rings. The number of nitrogens with zero attached hydrogens (tertiary/aromatic N) is 1. The molecule has 134 valence electrons. The SMILES string of the molecule is O=S(=O)(NCc1ccc(CN2CCOCC2)cc1)c1cccc(F)c1. The molecule has 1 heterocycles. The van der Waals surface area contributed by atoms with E-state index in [0.717, 1.165) is 44.5 Å². The molecule has 0 aromatic heterocycles. The van der Waals surface area contributed by atoms with E-state index >= 15 is 0 Å². The largest absolute Gasteiger partial charge is 0.379 e. The van der Waals surface area contributed by atoms with Gasteiger partial charge < -0.3 is 4.74 Å². The Morgan fingerprint density at radius 2 is 1.72 bits per heavy atom. The summed E-state index contributed by atoms with van der Waals surface area (Å²) in [4.78, 5) is 2.25. The molecule has 0 radical (unpaired) electrons. The van der Waals surface area contributed by atoms with Gasteiger partial charge in [0, 0.05) is 26.2 Å². The maximum atomic E-state index is 13.2. The summed E-state index contributed by atoms with van der Waals surface area (Å²) in [6, 6.07) is 12.8. The van der Waals surface area contributed by atoms with Gasteiger partial charge in [-0.1, -0.05) is 30.3 Å². The molecule has 3 rings (SSSR count). The fraction of sp³-hybridized carbons (Fsp3) is 0.333. The summed E-state index contributed by atoms with van der Waals surface area (Å²) in [6.45, 7) is 4.40. The lowest BCUT2D eigenvalue weighted by Gasteiger charge is -2.26. The highest BCUT2D eigenvalue weighted by molar-refractivity contribution is 7.89. The average Bonchev–Trinajstić information content (AvgIpc) is 2.62. The second kappa shape index (κ2) is 8.05. The molecule has 0 saturated carbocycles. The summed E-state index contributed by atoms with van der Waals surface area (Å²) in [5.41, 5.74) is 2.03. The topological polar surface area (TPSA) is 58.6 Å². The molecule has 2 aromatic rings. The van der Waals surface area contributed by atoms with Gasteiger partial charge in [0.05, 0.1) is 18.1 Å². The predicted octanol–water partition coefficient (Wildman–Crippen LogP) is 2.14. The maximum Gasteiger partial charge on any atom is 0.240 e. The number of morpholine rings is 1. The van der Waals surface area contributed by atoms with Crippen molar-refractivity contribution in [3.63, 3.8) is 0 Å². The Morgan fingerprint density at radius 3 is 2.40 bits per heavy atom. The molecule has 1 N–H and O–H groups in total. The standard InChI is InChI=1S/C18H21FN2O3S/c19-17-2-1-3-18(12-17)25(22,23)20-13-15-4-6-16(7-5-15)14-21-8-10-24-11-9-21/h1-7,12,20H,8-11,13-14H2. The number of ether oxygens (including phenoxy) is 1. The Bertz CT molecular complexity index is 803. The van der Waals surface area contributed by atoms with E-state index in [-0.39, 0.29) is 11.4 Å². The summed E-state index contributed by atoms with van der Waals surface area (Å²) in [5.74, 6) is -0.574. The molecule has 0 bridgehead atoms. The molecule has 1 aliphatic heterocycles. The molecule has 0 amide bonds. The van der Waals surface area contributed by atoms with Gasteiger partial charge in [0.15, 0.2) is 0 Å². The van der Waals surface area contributed by atoms with E-state index < -0.39 is 15.8 Å². The first-order valence-corrected chi connectivity index (χ1v) is 9.64. The first-order valence-electron chi connectivity index (χ1n) is 8.16. The normalized spacial score (nSPS) is 16.0. The van der Waals surface area contributed by atoms with Crippen LogP contribution in [0.3, 0.4) is 0 Å². The van der Waals surface area contributed by atoms with Crippen LogP contribution in [0.5, 0.6) is 0 Å². The lowest BCUT2D eigenvalue weighted by atomic mass is 10.1. The molecule has 0 atom stereocenters. The predicted molar refractivity (Wildman–Crippen MR) is 93.0 cm³/mol. The van der Waals surface area contributed by atoms with Crippen LogP contribution in [-0.2, 0) is 27.8 Å². The Morgan fingerprint density at radius 1 is 1.04 bits per heavy atom. The van der Waals surface area contributed by atoms with E-state index in [1.807, 2.05) is 24.3 Å². The van der Waals surface area contributed by atoms with E-state index in [1.54, 1.807) is 0 Å². The van der Waals surface area contributed by atoms with Crippen molar-refractivity contribution in [3.05, 3.63) is 65.5 Å². The van der Waals surface area contributed by atoms with E-state index in [4.69, 9.17) is 4.74 Å². The number of nitrogens with one attached hydrogen (secondary N) is 1. The third kappa shape index (κ3) is 5.09. The van der Waals surface area contributed by atoms with Crippen LogP contribution in [-0.4, -0.2) is 39.6 Å². The van der Waals surface area contributed by atoms with Gasteiger partial charge >= 0.3 is 0 Å². The molecular weight excluding hydrogens is 343 g/mol. The van der Waals surface area contributed by atoms with Crippen molar-refractivity contribution < 1.29 is 17.5 Å². The van der Waals surface area contributed by atoms with E-state index in [9.17, 15) is 12.8 Å². The van der Waals surface area contributed by atoms with Crippen molar-refractivity contribution in [1.82, 2.24) is 9.62 Å². The third-order valence-electron chi connectivity index (χ3n) is 4.11. The molecular formula is C18H21FN2O3S. The Labute approximate surface area is 147 Å². The molecule has 0 spiro atoms. The summed E-state index contributed by atoms with van der Waals surface area (Å²) in [7, 11) is -3.73. The maximum absolute atomic E-state index is 13.2. The molecule has 2 aromatic carbocycles. The van der Waals surface area contributed by atoms with Gasteiger partial charge in [-0.15, -0.1) is 0 Å². The van der Waals surface area contributed by atoms with Gasteiger partial charge in [0.2, 0.25) is 10.0 Å². The van der Waals surface area contributed by atoms with Crippen LogP contribution in [0.2, 0.25) is 0 Å². The van der Waals surface area contributed by atoms with Crippen LogP contribution < -0.4 is 4.72 Å². The van der Waals surface area contributed by atoms with E-state index in [2.05, 4.69) is 9.62 Å². The molecule has 0 unspecified atom stereocenters. The molecule has 7 heteroatoms. The van der Waals surface area contributed by atoms with Crippen LogP contribution in [0.15, 0.2) is 53.4 Å². The number of hydrogen-bond donors (Lipinski definition) is 1. The molecule has 1 saturated heterocycles. The number of halogens is 1. The van der Waals surface area contributed by atoms with Crippen molar-refractivity contribution in [2.45, 2.75) is 18.0 Å². The van der Waals surface area contributed by atoms with Crippen molar-refractivity contribution in [2.75, 3.05) is 26.3 Å². The smallest absolute Gasteiger partial charge is 0.240 e. The third-order valence-corrected chi connectivity index (χ3v) is 5.50. The minimum absolute atomic E-state index is 0.0727. The fourth-order valence-corrected chi connectivity index (χ4v) is 3.72. The zero-order valence-corrected chi connectivity index (χ0v) is 14.6. The van der Waals surface area contributed by atoms with Gasteiger partial charge in [0.1, 0.15) is 5.82 Å². The number of benzene rings is 2. The fourth-order valence-electron chi connectivity index (χ4n) is 2.68. The summed E-state index contributed by atoms with van der Waals surface area (Å²) in [6.07, 6.45) is 0. The van der Waals surface area contributed by atoms with Gasteiger partial charge in [-0.2, -0.15) is 0 Å². The van der Waals surface area contributed by atoms with Crippen molar-refractivity contribution in [3.8, 4) is 0 Å². The van der Waals surface area contributed by atoms with E-state index in [1.165, 1.54) is 23.8 Å². The highest BCUT2D eigenvalue weighted by Gasteiger charge is 2.14. The minimum atomic E-state index is -3.73. The summed E-state index contributed by atoms with van der Waals surface area (Å²) >= 11 is 0. The van der Waals surface area contributed by atoms with Crippen LogP contribution in [0, 0.1) is 5.82 Å². The minimum Gasteiger partial charge on any atom is -0.379 e. The van der Waals surface area contributed by atoms with Crippen molar-refractivity contribution >= 4 is 10.0 Å². The van der Waals surface area contributed by atoms with Crippen LogP contribution in [0.25, 0.3) is 0 Å². The van der Waals surface area contributed by atoms with E-state index in [0.29, 0.717) is 0 Å². The Balaban J connectivity index is 1.58. The second-order valence-electron chi connectivity index (χ2n) is 5.99. The number of hydrogen-bond acceptors (Lipinski definition) is 4. The number of rotatable bonds is 6. The van der Waals surface area contributed by atoms with Gasteiger partial charge in [-0.25, -0.2) is 17.5 Å². The van der Waals surface area contributed by atoms with Gasteiger partial charge in [-0.3, -0.25) is 4.90 Å². The molecule has 1 aliphatic rings. The van der Waals surface area contributed by atoms with Crippen molar-refractivity contribution in [1.29, 1.82) is 0 Å². The Kier molecular flexibility index (Phi) is 5.80. The van der Waals surface area contributed by atoms with Gasteiger partial charge in [0.25, 0.3) is 0 Å². The van der Waals surface area contributed by atoms with Crippen LogP contribution in [0.4, 0.5) is 4.39 Å². The summed E-state index contributed by atoms with van der Waals surface area (Å²) < 4.78 is 45.4. The first kappa shape index (κ1) is 18.0. The van der Waals surface area contributed by atoms with Crippen LogP contribution in [0.1, 0.15) is 11.1 Å². The monoisotopic (exact) mass is 364 g/mol. The molecule has 5 nitrogen and oxygen atoms in total. The Hall–Kier alpha value is -1.80. The second-order valence-corrected chi connectivity index (χ2v) is 7.75. The zero-order valence-electron chi connectivity index (χ0n) is 13.8. The summed E-state index contributed by atoms with van der Waals surface area (Å²) in [5, 5.41) is 0. The quantitative estimate of drug-likeness (QED) is 0.853. The lowest BCUT2D eigenvalue weighted by molar-refractivity contribution is 0.0342. The zero-order chi connectivity index (χ0) is 17.7. The first-order chi connectivity index (χ1) is 12.0. The molecule has 25 heavy (non-hydrogen) atoms. The number of sulfonamides is 1. The highest BCUT2D eigenvalue weighted by atomic mass is 32.2. The van der Waals surface area contributed by atoms with Crippen LogP contribution >= 0.6 is 0 Å². The van der Waals surface area contributed by atoms with Gasteiger partial charge in [-0.05, 0) is 29.3 Å². The van der Waals surface area contributed by atoms with Crippen molar-refractivity contribution in [2.24, 2.45) is 0 Å². The average molecular weight is 364 g/mol. The highest BCUT2D eigenvalue weighted by Crippen LogP contribution is 2.13.